The first kappa shape index (κ1) is 13.2. The highest BCUT2D eigenvalue weighted by Crippen LogP contribution is 2.30. The van der Waals surface area contributed by atoms with Gasteiger partial charge in [-0.05, 0) is 49.2 Å². The highest BCUT2D eigenvalue weighted by Gasteiger charge is 2.26. The van der Waals surface area contributed by atoms with Crippen molar-refractivity contribution >= 4 is 22.6 Å². The molecule has 0 N–H and O–H groups in total. The number of nitrogens with zero attached hydrogens (tertiary/aromatic N) is 5. The van der Waals surface area contributed by atoms with Gasteiger partial charge in [0.1, 0.15) is 0 Å². The van der Waals surface area contributed by atoms with Crippen molar-refractivity contribution in [1.82, 2.24) is 25.1 Å². The van der Waals surface area contributed by atoms with Crippen molar-refractivity contribution in [2.75, 3.05) is 13.1 Å². The maximum Gasteiger partial charge on any atom is 0.212 e. The number of aromatic nitrogens is 4. The van der Waals surface area contributed by atoms with E-state index in [0.717, 1.165) is 23.0 Å². The lowest BCUT2D eigenvalue weighted by molar-refractivity contribution is 0.145. The summed E-state index contributed by atoms with van der Waals surface area (Å²) in [7, 11) is 0. The third kappa shape index (κ3) is 2.96. The molecule has 1 aliphatic carbocycles. The van der Waals surface area contributed by atoms with Crippen LogP contribution in [0.1, 0.15) is 45.6 Å². The van der Waals surface area contributed by atoms with Gasteiger partial charge in [-0.1, -0.05) is 13.8 Å². The number of hydrogen-bond donors (Lipinski definition) is 0. The molecule has 0 spiro atoms. The van der Waals surface area contributed by atoms with Gasteiger partial charge in [0.25, 0.3) is 0 Å². The van der Waals surface area contributed by atoms with Gasteiger partial charge in [-0.2, -0.15) is 0 Å². The van der Waals surface area contributed by atoms with E-state index >= 15 is 0 Å². The zero-order valence-electron chi connectivity index (χ0n) is 10.5. The Kier molecular flexibility index (Phi) is 4.72. The first-order valence-electron chi connectivity index (χ1n) is 6.43. The van der Waals surface area contributed by atoms with Crippen LogP contribution in [-0.4, -0.2) is 44.2 Å². The minimum absolute atomic E-state index is 0.503. The first-order valence-corrected chi connectivity index (χ1v) is 7.51. The van der Waals surface area contributed by atoms with E-state index in [1.54, 1.807) is 0 Å². The van der Waals surface area contributed by atoms with Crippen LogP contribution < -0.4 is 0 Å². The molecule has 1 aromatic rings. The van der Waals surface area contributed by atoms with Gasteiger partial charge in [-0.3, -0.25) is 0 Å². The topological polar surface area (TPSA) is 46.8 Å². The summed E-state index contributed by atoms with van der Waals surface area (Å²) >= 11 is 2.21. The molecule has 0 saturated heterocycles. The lowest BCUT2D eigenvalue weighted by Crippen LogP contribution is -2.38. The molecule has 96 valence electrons. The van der Waals surface area contributed by atoms with Crippen LogP contribution in [0.5, 0.6) is 0 Å². The monoisotopic (exact) mass is 349 g/mol. The molecule has 0 radical (unpaired) electrons. The molecular weight excluding hydrogens is 329 g/mol. The SMILES string of the molecule is CCN(CC)C1CCC(n2nnnc2I)CC1. The maximum atomic E-state index is 4.08. The lowest BCUT2D eigenvalue weighted by Gasteiger charge is -2.35. The highest BCUT2D eigenvalue weighted by atomic mass is 127. The standard InChI is InChI=1S/C11H20IN5/c1-3-16(4-2)9-5-7-10(8-6-9)17-11(12)13-14-15-17/h9-10H,3-8H2,1-2H3. The Labute approximate surface area is 116 Å². The molecule has 6 heteroatoms. The second kappa shape index (κ2) is 6.08. The van der Waals surface area contributed by atoms with Crippen molar-refractivity contribution < 1.29 is 0 Å². The van der Waals surface area contributed by atoms with Crippen LogP contribution >= 0.6 is 22.6 Å². The zero-order valence-corrected chi connectivity index (χ0v) is 12.7. The van der Waals surface area contributed by atoms with Gasteiger partial charge in [-0.15, -0.1) is 5.10 Å². The van der Waals surface area contributed by atoms with Gasteiger partial charge in [-0.25, -0.2) is 4.68 Å². The van der Waals surface area contributed by atoms with E-state index in [9.17, 15) is 0 Å². The summed E-state index contributed by atoms with van der Waals surface area (Å²) in [6.45, 7) is 6.82. The minimum Gasteiger partial charge on any atom is -0.301 e. The molecule has 17 heavy (non-hydrogen) atoms. The van der Waals surface area contributed by atoms with Crippen molar-refractivity contribution in [3.05, 3.63) is 3.83 Å². The van der Waals surface area contributed by atoms with Crippen LogP contribution in [0, 0.1) is 3.83 Å². The van der Waals surface area contributed by atoms with E-state index in [4.69, 9.17) is 0 Å². The number of halogens is 1. The molecule has 0 bridgehead atoms. The van der Waals surface area contributed by atoms with Gasteiger partial charge in [0.05, 0.1) is 6.04 Å². The predicted molar refractivity (Wildman–Crippen MR) is 74.7 cm³/mol. The van der Waals surface area contributed by atoms with E-state index in [2.05, 4.69) is 56.9 Å². The van der Waals surface area contributed by atoms with Gasteiger partial charge in [0, 0.05) is 28.6 Å². The van der Waals surface area contributed by atoms with Crippen LogP contribution in [-0.2, 0) is 0 Å². The van der Waals surface area contributed by atoms with E-state index in [0.29, 0.717) is 6.04 Å². The van der Waals surface area contributed by atoms with Crippen molar-refractivity contribution in [1.29, 1.82) is 0 Å². The molecule has 2 rings (SSSR count). The van der Waals surface area contributed by atoms with Gasteiger partial charge >= 0.3 is 0 Å². The summed E-state index contributed by atoms with van der Waals surface area (Å²) < 4.78 is 2.90. The van der Waals surface area contributed by atoms with Crippen LogP contribution in [0.3, 0.4) is 0 Å². The molecule has 1 aromatic heterocycles. The molecule has 0 amide bonds. The Hall–Kier alpha value is -0.240. The lowest BCUT2D eigenvalue weighted by atomic mass is 9.90. The Morgan fingerprint density at radius 2 is 1.88 bits per heavy atom. The summed E-state index contributed by atoms with van der Waals surface area (Å²) in [5.41, 5.74) is 0. The van der Waals surface area contributed by atoms with Crippen LogP contribution in [0.25, 0.3) is 0 Å². The smallest absolute Gasteiger partial charge is 0.212 e. The van der Waals surface area contributed by atoms with Crippen molar-refractivity contribution in [3.8, 4) is 0 Å². The second-order valence-electron chi connectivity index (χ2n) is 4.58. The quantitative estimate of drug-likeness (QED) is 0.781. The normalized spacial score (nSPS) is 25.4. The van der Waals surface area contributed by atoms with Crippen LogP contribution in [0.4, 0.5) is 0 Å². The third-order valence-electron chi connectivity index (χ3n) is 3.79. The van der Waals surface area contributed by atoms with Gasteiger partial charge in [0.15, 0.2) is 0 Å². The molecule has 0 aromatic carbocycles. The largest absolute Gasteiger partial charge is 0.301 e. The van der Waals surface area contributed by atoms with Gasteiger partial charge < -0.3 is 4.90 Å². The fraction of sp³-hybridized carbons (Fsp3) is 0.909. The maximum absolute atomic E-state index is 4.08. The molecule has 5 nitrogen and oxygen atoms in total. The molecule has 0 aliphatic heterocycles. The predicted octanol–water partition coefficient (Wildman–Crippen LogP) is 2.10. The Morgan fingerprint density at radius 3 is 2.35 bits per heavy atom. The molecule has 0 unspecified atom stereocenters. The number of tetrazole rings is 1. The molecule has 1 saturated carbocycles. The van der Waals surface area contributed by atoms with Crippen molar-refractivity contribution in [2.24, 2.45) is 0 Å². The molecular formula is C11H20IN5. The first-order chi connectivity index (χ1) is 8.26. The van der Waals surface area contributed by atoms with Crippen molar-refractivity contribution in [2.45, 2.75) is 51.6 Å². The summed E-state index contributed by atoms with van der Waals surface area (Å²) in [5, 5.41) is 11.8. The zero-order chi connectivity index (χ0) is 12.3. The average molecular weight is 349 g/mol. The fourth-order valence-corrected chi connectivity index (χ4v) is 3.40. The van der Waals surface area contributed by atoms with Crippen LogP contribution in [0.15, 0.2) is 0 Å². The fourth-order valence-electron chi connectivity index (χ4n) is 2.81. The van der Waals surface area contributed by atoms with E-state index < -0.39 is 0 Å². The highest BCUT2D eigenvalue weighted by molar-refractivity contribution is 14.1. The molecule has 1 aliphatic rings. The summed E-state index contributed by atoms with van der Waals surface area (Å²) in [4.78, 5) is 2.57. The molecule has 0 atom stereocenters. The van der Waals surface area contributed by atoms with E-state index in [1.165, 1.54) is 25.7 Å². The summed E-state index contributed by atoms with van der Waals surface area (Å²) in [6.07, 6.45) is 4.93. The van der Waals surface area contributed by atoms with Gasteiger partial charge in [0.2, 0.25) is 3.83 Å². The second-order valence-corrected chi connectivity index (χ2v) is 5.54. The Bertz CT molecular complexity index is 341. The Morgan fingerprint density at radius 1 is 1.24 bits per heavy atom. The third-order valence-corrected chi connectivity index (χ3v) is 4.50. The molecule has 1 heterocycles. The average Bonchev–Trinajstić information content (AvgIpc) is 2.78. The van der Waals surface area contributed by atoms with E-state index in [-0.39, 0.29) is 0 Å². The van der Waals surface area contributed by atoms with Crippen molar-refractivity contribution in [3.63, 3.8) is 0 Å². The van der Waals surface area contributed by atoms with Crippen LogP contribution in [0.2, 0.25) is 0 Å². The molecule has 1 fully saturated rings. The number of hydrogen-bond acceptors (Lipinski definition) is 4. The van der Waals surface area contributed by atoms with E-state index in [1.807, 2.05) is 4.68 Å². The number of rotatable bonds is 4. The summed E-state index contributed by atoms with van der Waals surface area (Å²) in [6, 6.07) is 1.26. The summed E-state index contributed by atoms with van der Waals surface area (Å²) in [5.74, 6) is 0. The minimum atomic E-state index is 0.503. The Balaban J connectivity index is 1.92.